The summed E-state index contributed by atoms with van der Waals surface area (Å²) in [5, 5.41) is 11.1. The highest BCUT2D eigenvalue weighted by Gasteiger charge is 2.13. The summed E-state index contributed by atoms with van der Waals surface area (Å²) in [5.74, 6) is 0.630. The molecule has 3 aromatic rings. The SMILES string of the molecule is Cc1ccc(Nc2ncnc3sccc23)cc1S(N)(=O)=O. The predicted molar refractivity (Wildman–Crippen MR) is 83.2 cm³/mol. The molecule has 8 heteroatoms. The second kappa shape index (κ2) is 5.06. The number of primary sulfonamides is 1. The van der Waals surface area contributed by atoms with Crippen molar-refractivity contribution >= 4 is 43.1 Å². The molecule has 2 heterocycles. The number of fused-ring (bicyclic) bond motifs is 1. The van der Waals surface area contributed by atoms with Crippen molar-refractivity contribution in [3.05, 3.63) is 41.5 Å². The number of anilines is 2. The van der Waals surface area contributed by atoms with Crippen molar-refractivity contribution in [2.75, 3.05) is 5.32 Å². The van der Waals surface area contributed by atoms with E-state index in [1.807, 2.05) is 11.4 Å². The van der Waals surface area contributed by atoms with Gasteiger partial charge in [-0.15, -0.1) is 11.3 Å². The molecule has 0 fully saturated rings. The van der Waals surface area contributed by atoms with Crippen molar-refractivity contribution in [1.29, 1.82) is 0 Å². The summed E-state index contributed by atoms with van der Waals surface area (Å²) < 4.78 is 23.1. The Hall–Kier alpha value is -2.03. The average molecular weight is 320 g/mol. The number of nitrogens with two attached hydrogens (primary N) is 1. The second-order valence-electron chi connectivity index (χ2n) is 4.51. The minimum absolute atomic E-state index is 0.100. The summed E-state index contributed by atoms with van der Waals surface area (Å²) in [6, 6.07) is 6.90. The number of aromatic nitrogens is 2. The highest BCUT2D eigenvalue weighted by molar-refractivity contribution is 7.89. The number of rotatable bonds is 3. The zero-order valence-corrected chi connectivity index (χ0v) is 12.7. The molecular weight excluding hydrogens is 308 g/mol. The summed E-state index contributed by atoms with van der Waals surface area (Å²) in [5.41, 5.74) is 1.21. The minimum Gasteiger partial charge on any atom is -0.340 e. The smallest absolute Gasteiger partial charge is 0.238 e. The zero-order valence-electron chi connectivity index (χ0n) is 11.1. The van der Waals surface area contributed by atoms with Crippen LogP contribution in [0.5, 0.6) is 0 Å². The predicted octanol–water partition coefficient (Wildman–Crippen LogP) is 2.39. The van der Waals surface area contributed by atoms with E-state index in [4.69, 9.17) is 5.14 Å². The van der Waals surface area contributed by atoms with Crippen molar-refractivity contribution in [3.8, 4) is 0 Å². The topological polar surface area (TPSA) is 98.0 Å². The van der Waals surface area contributed by atoms with Crippen LogP contribution >= 0.6 is 11.3 Å². The number of hydrogen-bond donors (Lipinski definition) is 2. The largest absolute Gasteiger partial charge is 0.340 e. The fourth-order valence-corrected chi connectivity index (χ4v) is 3.55. The van der Waals surface area contributed by atoms with Crippen LogP contribution in [0.2, 0.25) is 0 Å². The maximum atomic E-state index is 11.6. The molecule has 0 radical (unpaired) electrons. The fourth-order valence-electron chi connectivity index (χ4n) is 2.01. The molecular formula is C13H12N4O2S2. The van der Waals surface area contributed by atoms with Crippen LogP contribution in [0.15, 0.2) is 40.9 Å². The van der Waals surface area contributed by atoms with Gasteiger partial charge in [0.1, 0.15) is 17.0 Å². The molecule has 0 atom stereocenters. The van der Waals surface area contributed by atoms with Crippen LogP contribution < -0.4 is 10.5 Å². The fraction of sp³-hybridized carbons (Fsp3) is 0.0769. The van der Waals surface area contributed by atoms with Crippen LogP contribution in [-0.4, -0.2) is 18.4 Å². The monoisotopic (exact) mass is 320 g/mol. The third-order valence-electron chi connectivity index (χ3n) is 3.02. The summed E-state index contributed by atoms with van der Waals surface area (Å²) in [7, 11) is -3.75. The van der Waals surface area contributed by atoms with Crippen molar-refractivity contribution in [2.45, 2.75) is 11.8 Å². The Morgan fingerprint density at radius 1 is 1.24 bits per heavy atom. The lowest BCUT2D eigenvalue weighted by Crippen LogP contribution is -2.14. The first-order valence-corrected chi connectivity index (χ1v) is 8.46. The molecule has 1 aromatic carbocycles. The molecule has 0 aliphatic heterocycles. The highest BCUT2D eigenvalue weighted by Crippen LogP contribution is 2.27. The van der Waals surface area contributed by atoms with E-state index in [0.717, 1.165) is 10.2 Å². The van der Waals surface area contributed by atoms with Gasteiger partial charge in [0.2, 0.25) is 10.0 Å². The lowest BCUT2D eigenvalue weighted by molar-refractivity contribution is 0.597. The van der Waals surface area contributed by atoms with Crippen LogP contribution in [0, 0.1) is 6.92 Å². The molecule has 3 N–H and O–H groups in total. The summed E-state index contributed by atoms with van der Waals surface area (Å²) in [6.07, 6.45) is 1.47. The minimum atomic E-state index is -3.75. The van der Waals surface area contributed by atoms with Crippen LogP contribution in [0.3, 0.4) is 0 Å². The zero-order chi connectivity index (χ0) is 15.0. The van der Waals surface area contributed by atoms with E-state index >= 15 is 0 Å². The van der Waals surface area contributed by atoms with Gasteiger partial charge >= 0.3 is 0 Å². The van der Waals surface area contributed by atoms with E-state index in [9.17, 15) is 8.42 Å². The molecule has 6 nitrogen and oxygen atoms in total. The first-order chi connectivity index (χ1) is 9.95. The van der Waals surface area contributed by atoms with Gasteiger partial charge in [-0.3, -0.25) is 0 Å². The molecule has 0 saturated carbocycles. The molecule has 21 heavy (non-hydrogen) atoms. The van der Waals surface area contributed by atoms with Gasteiger partial charge in [0.15, 0.2) is 0 Å². The standard InChI is InChI=1S/C13H12N4O2S2/c1-8-2-3-9(6-11(8)21(14,18)19)17-12-10-4-5-20-13(10)16-7-15-12/h2-7H,1H3,(H2,14,18,19)(H,15,16,17). The Morgan fingerprint density at radius 2 is 2.05 bits per heavy atom. The van der Waals surface area contributed by atoms with Gasteiger partial charge in [-0.1, -0.05) is 6.07 Å². The van der Waals surface area contributed by atoms with Gasteiger partial charge < -0.3 is 5.32 Å². The third kappa shape index (κ3) is 2.73. The van der Waals surface area contributed by atoms with Gasteiger partial charge in [-0.25, -0.2) is 23.5 Å². The molecule has 3 rings (SSSR count). The van der Waals surface area contributed by atoms with Crippen LogP contribution in [0.1, 0.15) is 5.56 Å². The Bertz CT molecular complexity index is 919. The van der Waals surface area contributed by atoms with E-state index in [-0.39, 0.29) is 4.90 Å². The number of sulfonamides is 1. The Labute approximate surface area is 125 Å². The lowest BCUT2D eigenvalue weighted by Gasteiger charge is -2.09. The molecule has 0 saturated heterocycles. The number of nitrogens with one attached hydrogen (secondary N) is 1. The van der Waals surface area contributed by atoms with Crippen molar-refractivity contribution < 1.29 is 8.42 Å². The van der Waals surface area contributed by atoms with Gasteiger partial charge in [-0.05, 0) is 36.1 Å². The first kappa shape index (κ1) is 13.9. The van der Waals surface area contributed by atoms with E-state index < -0.39 is 10.0 Å². The van der Waals surface area contributed by atoms with Crippen LogP contribution in [0.4, 0.5) is 11.5 Å². The highest BCUT2D eigenvalue weighted by atomic mass is 32.2. The molecule has 108 valence electrons. The maximum absolute atomic E-state index is 11.6. The van der Waals surface area contributed by atoms with Gasteiger partial charge in [0.05, 0.1) is 10.3 Å². The third-order valence-corrected chi connectivity index (χ3v) is 4.89. The molecule has 2 aromatic heterocycles. The lowest BCUT2D eigenvalue weighted by atomic mass is 10.2. The number of hydrogen-bond acceptors (Lipinski definition) is 6. The van der Waals surface area contributed by atoms with E-state index in [0.29, 0.717) is 17.1 Å². The average Bonchev–Trinajstić information content (AvgIpc) is 2.89. The maximum Gasteiger partial charge on any atom is 0.238 e. The summed E-state index contributed by atoms with van der Waals surface area (Å²) in [4.78, 5) is 9.33. The Balaban J connectivity index is 2.05. The van der Waals surface area contributed by atoms with Gasteiger partial charge in [0.25, 0.3) is 0 Å². The van der Waals surface area contributed by atoms with Crippen molar-refractivity contribution in [1.82, 2.24) is 9.97 Å². The Morgan fingerprint density at radius 3 is 2.81 bits per heavy atom. The van der Waals surface area contributed by atoms with Crippen molar-refractivity contribution in [2.24, 2.45) is 5.14 Å². The molecule has 0 unspecified atom stereocenters. The number of benzene rings is 1. The quantitative estimate of drug-likeness (QED) is 0.772. The van der Waals surface area contributed by atoms with E-state index in [2.05, 4.69) is 15.3 Å². The van der Waals surface area contributed by atoms with Gasteiger partial charge in [0, 0.05) is 5.69 Å². The van der Waals surface area contributed by atoms with E-state index in [1.54, 1.807) is 19.1 Å². The van der Waals surface area contributed by atoms with Gasteiger partial charge in [-0.2, -0.15) is 0 Å². The number of thiophene rings is 1. The second-order valence-corrected chi connectivity index (χ2v) is 6.94. The number of nitrogens with zero attached hydrogens (tertiary/aromatic N) is 2. The van der Waals surface area contributed by atoms with E-state index in [1.165, 1.54) is 23.7 Å². The molecule has 0 aliphatic carbocycles. The van der Waals surface area contributed by atoms with Crippen LogP contribution in [0.25, 0.3) is 10.2 Å². The number of aryl methyl sites for hydroxylation is 1. The summed E-state index contributed by atoms with van der Waals surface area (Å²) >= 11 is 1.51. The Kier molecular flexibility index (Phi) is 3.36. The molecule has 0 aliphatic rings. The van der Waals surface area contributed by atoms with Crippen molar-refractivity contribution in [3.63, 3.8) is 0 Å². The molecule has 0 amide bonds. The van der Waals surface area contributed by atoms with Crippen LogP contribution in [-0.2, 0) is 10.0 Å². The molecule has 0 spiro atoms. The first-order valence-electron chi connectivity index (χ1n) is 6.04. The summed E-state index contributed by atoms with van der Waals surface area (Å²) in [6.45, 7) is 1.70. The molecule has 0 bridgehead atoms. The normalized spacial score (nSPS) is 11.7.